The van der Waals surface area contributed by atoms with Crippen LogP contribution < -0.4 is 4.90 Å². The van der Waals surface area contributed by atoms with Gasteiger partial charge in [0.15, 0.2) is 0 Å². The quantitative estimate of drug-likeness (QED) is 0.647. The molecule has 4 rings (SSSR count). The SMILES string of the molecule is C[C@@H]1CN(c2ncccc2Cl)C[C@@H](C)N1C(=O)C1=NOC2(CCC(C(C)(C)C)CC2)C1. The molecule has 2 atom stereocenters. The van der Waals surface area contributed by atoms with Crippen LogP contribution in [-0.4, -0.2) is 52.3 Å². The van der Waals surface area contributed by atoms with Crippen LogP contribution in [0.25, 0.3) is 0 Å². The topological polar surface area (TPSA) is 58.0 Å². The Morgan fingerprint density at radius 2 is 1.84 bits per heavy atom. The van der Waals surface area contributed by atoms with E-state index in [-0.39, 0.29) is 23.6 Å². The smallest absolute Gasteiger partial charge is 0.272 e. The van der Waals surface area contributed by atoms with Gasteiger partial charge >= 0.3 is 0 Å². The van der Waals surface area contributed by atoms with Crippen molar-refractivity contribution in [3.63, 3.8) is 0 Å². The van der Waals surface area contributed by atoms with Gasteiger partial charge in [-0.05, 0) is 63.0 Å². The minimum atomic E-state index is -0.275. The second-order valence-corrected chi connectivity index (χ2v) is 11.2. The number of oxime groups is 1. The van der Waals surface area contributed by atoms with E-state index in [0.717, 1.165) is 31.5 Å². The molecule has 0 unspecified atom stereocenters. The van der Waals surface area contributed by atoms with E-state index in [0.29, 0.717) is 41.6 Å². The average Bonchev–Trinajstić information content (AvgIpc) is 3.11. The highest BCUT2D eigenvalue weighted by Crippen LogP contribution is 2.46. The summed E-state index contributed by atoms with van der Waals surface area (Å²) in [6, 6.07) is 3.76. The highest BCUT2D eigenvalue weighted by molar-refractivity contribution is 6.39. The molecule has 0 aromatic carbocycles. The summed E-state index contributed by atoms with van der Waals surface area (Å²) in [7, 11) is 0. The van der Waals surface area contributed by atoms with E-state index in [4.69, 9.17) is 16.4 Å². The molecule has 1 amide bonds. The van der Waals surface area contributed by atoms with Gasteiger partial charge in [0.1, 0.15) is 17.1 Å². The highest BCUT2D eigenvalue weighted by atomic mass is 35.5. The largest absolute Gasteiger partial charge is 0.388 e. The molecular weight excluding hydrogens is 412 g/mol. The number of aromatic nitrogens is 1. The molecule has 1 aliphatic carbocycles. The Kier molecular flexibility index (Phi) is 5.97. The minimum Gasteiger partial charge on any atom is -0.388 e. The molecule has 7 heteroatoms. The number of rotatable bonds is 2. The highest BCUT2D eigenvalue weighted by Gasteiger charge is 2.47. The van der Waals surface area contributed by atoms with Crippen LogP contribution in [0.15, 0.2) is 23.5 Å². The lowest BCUT2D eigenvalue weighted by Crippen LogP contribution is -2.60. The number of pyridine rings is 1. The van der Waals surface area contributed by atoms with Crippen LogP contribution in [0.3, 0.4) is 0 Å². The molecule has 170 valence electrons. The number of nitrogens with zero attached hydrogens (tertiary/aromatic N) is 4. The average molecular weight is 447 g/mol. The summed E-state index contributed by atoms with van der Waals surface area (Å²) in [5, 5.41) is 4.96. The maximum Gasteiger partial charge on any atom is 0.272 e. The molecule has 1 aromatic rings. The van der Waals surface area contributed by atoms with Gasteiger partial charge in [0.25, 0.3) is 5.91 Å². The fourth-order valence-electron chi connectivity index (χ4n) is 5.57. The monoisotopic (exact) mass is 446 g/mol. The van der Waals surface area contributed by atoms with E-state index >= 15 is 0 Å². The predicted molar refractivity (Wildman–Crippen MR) is 125 cm³/mol. The van der Waals surface area contributed by atoms with E-state index in [9.17, 15) is 4.79 Å². The third-order valence-corrected chi connectivity index (χ3v) is 7.69. The van der Waals surface area contributed by atoms with Crippen molar-refractivity contribution in [3.05, 3.63) is 23.4 Å². The molecule has 1 spiro atoms. The zero-order valence-corrected chi connectivity index (χ0v) is 20.2. The number of hydrogen-bond acceptors (Lipinski definition) is 5. The van der Waals surface area contributed by atoms with Crippen molar-refractivity contribution in [1.82, 2.24) is 9.88 Å². The first-order valence-electron chi connectivity index (χ1n) is 11.5. The van der Waals surface area contributed by atoms with Crippen molar-refractivity contribution in [1.29, 1.82) is 0 Å². The number of halogens is 1. The van der Waals surface area contributed by atoms with Gasteiger partial charge in [-0.15, -0.1) is 0 Å². The van der Waals surface area contributed by atoms with Crippen LogP contribution in [0.4, 0.5) is 5.82 Å². The zero-order chi connectivity index (χ0) is 22.4. The Bertz CT molecular complexity index is 845. The Hall–Kier alpha value is -1.82. The van der Waals surface area contributed by atoms with E-state index in [2.05, 4.69) is 49.7 Å². The van der Waals surface area contributed by atoms with Crippen LogP contribution in [0.2, 0.25) is 5.02 Å². The van der Waals surface area contributed by atoms with Gasteiger partial charge in [0.05, 0.1) is 5.02 Å². The first-order chi connectivity index (χ1) is 14.6. The normalized spacial score (nSPS) is 31.5. The van der Waals surface area contributed by atoms with E-state index in [1.807, 2.05) is 17.0 Å². The summed E-state index contributed by atoms with van der Waals surface area (Å²) >= 11 is 6.36. The number of carbonyl (C=O) groups is 1. The second-order valence-electron chi connectivity index (χ2n) is 10.8. The number of hydrogen-bond donors (Lipinski definition) is 0. The molecule has 31 heavy (non-hydrogen) atoms. The van der Waals surface area contributed by atoms with Crippen molar-refractivity contribution in [2.24, 2.45) is 16.5 Å². The molecule has 2 fully saturated rings. The van der Waals surface area contributed by atoms with Crippen molar-refractivity contribution < 1.29 is 9.63 Å². The van der Waals surface area contributed by atoms with Crippen molar-refractivity contribution in [2.45, 2.75) is 84.4 Å². The molecule has 6 nitrogen and oxygen atoms in total. The number of amides is 1. The van der Waals surface area contributed by atoms with E-state index < -0.39 is 0 Å². The van der Waals surface area contributed by atoms with Crippen molar-refractivity contribution >= 4 is 29.0 Å². The fraction of sp³-hybridized carbons (Fsp3) is 0.708. The van der Waals surface area contributed by atoms with Crippen molar-refractivity contribution in [3.8, 4) is 0 Å². The Morgan fingerprint density at radius 1 is 1.19 bits per heavy atom. The first-order valence-corrected chi connectivity index (χ1v) is 11.9. The van der Waals surface area contributed by atoms with Gasteiger partial charge in [-0.2, -0.15) is 0 Å². The molecule has 3 aliphatic rings. The van der Waals surface area contributed by atoms with Gasteiger partial charge in [-0.25, -0.2) is 4.98 Å². The van der Waals surface area contributed by atoms with Crippen LogP contribution in [-0.2, 0) is 9.63 Å². The molecule has 1 saturated carbocycles. The maximum atomic E-state index is 13.4. The summed E-state index contributed by atoms with van der Waals surface area (Å²) in [4.78, 5) is 28.0. The van der Waals surface area contributed by atoms with E-state index in [1.165, 1.54) is 0 Å². The van der Waals surface area contributed by atoms with Crippen molar-refractivity contribution in [2.75, 3.05) is 18.0 Å². The molecule has 0 N–H and O–H groups in total. The minimum absolute atomic E-state index is 0.0154. The summed E-state index contributed by atoms with van der Waals surface area (Å²) in [5.74, 6) is 1.50. The summed E-state index contributed by atoms with van der Waals surface area (Å²) in [5.41, 5.74) is 0.626. The lowest BCUT2D eigenvalue weighted by Gasteiger charge is -2.45. The van der Waals surface area contributed by atoms with Crippen LogP contribution in [0, 0.1) is 11.3 Å². The molecule has 1 aromatic heterocycles. The predicted octanol–water partition coefficient (Wildman–Crippen LogP) is 4.91. The molecule has 1 saturated heterocycles. The molecule has 0 bridgehead atoms. The Morgan fingerprint density at radius 3 is 2.42 bits per heavy atom. The zero-order valence-electron chi connectivity index (χ0n) is 19.4. The van der Waals surface area contributed by atoms with Gasteiger partial charge in [-0.1, -0.05) is 37.5 Å². The number of piperazine rings is 1. The van der Waals surface area contributed by atoms with E-state index in [1.54, 1.807) is 6.20 Å². The van der Waals surface area contributed by atoms with Gasteiger partial charge in [-0.3, -0.25) is 4.79 Å². The third-order valence-electron chi connectivity index (χ3n) is 7.40. The van der Waals surface area contributed by atoms with Crippen LogP contribution in [0.1, 0.15) is 66.7 Å². The maximum absolute atomic E-state index is 13.4. The summed E-state index contributed by atoms with van der Waals surface area (Å²) < 4.78 is 0. The fourth-order valence-corrected chi connectivity index (χ4v) is 5.81. The molecule has 0 radical (unpaired) electrons. The molecule has 2 aliphatic heterocycles. The lowest BCUT2D eigenvalue weighted by atomic mass is 9.67. The van der Waals surface area contributed by atoms with Crippen LogP contribution >= 0.6 is 11.6 Å². The first kappa shape index (κ1) is 22.4. The second kappa shape index (κ2) is 8.27. The molecular formula is C24H35ClN4O2. The lowest BCUT2D eigenvalue weighted by molar-refractivity contribution is -0.128. The number of carbonyl (C=O) groups excluding carboxylic acids is 1. The summed E-state index contributed by atoms with van der Waals surface area (Å²) in [6.45, 7) is 12.5. The van der Waals surface area contributed by atoms with Gasteiger partial charge in [0.2, 0.25) is 0 Å². The number of anilines is 1. The van der Waals surface area contributed by atoms with Gasteiger partial charge in [0, 0.05) is 37.8 Å². The third kappa shape index (κ3) is 4.41. The standard InChI is InChI=1S/C24H35ClN4O2/c1-16-14-28(21-19(25)7-6-12-26-21)15-17(2)29(16)22(30)20-13-24(31-27-20)10-8-18(9-11-24)23(3,4)5/h6-7,12,16-18H,8-11,13-15H2,1-5H3/t16-,17-,18?,24?/m1/s1. The summed E-state index contributed by atoms with van der Waals surface area (Å²) in [6.07, 6.45) is 6.62. The van der Waals surface area contributed by atoms with Crippen LogP contribution in [0.5, 0.6) is 0 Å². The molecule has 3 heterocycles. The van der Waals surface area contributed by atoms with Gasteiger partial charge < -0.3 is 14.6 Å². The Balaban J connectivity index is 1.40. The Labute approximate surface area is 191 Å².